The molecule has 19 heavy (non-hydrogen) atoms. The minimum absolute atomic E-state index is 0.151. The van der Waals surface area contributed by atoms with Gasteiger partial charge in [0, 0.05) is 18.4 Å². The number of carbonyl (C=O) groups is 1. The maximum Gasteiger partial charge on any atom is 0.328 e. The molecule has 1 heterocycles. The summed E-state index contributed by atoms with van der Waals surface area (Å²) in [6.45, 7) is 6.89. The van der Waals surface area contributed by atoms with Gasteiger partial charge in [-0.05, 0) is 45.6 Å². The Morgan fingerprint density at radius 3 is 2.79 bits per heavy atom. The van der Waals surface area contributed by atoms with Crippen LogP contribution >= 0.6 is 0 Å². The smallest absolute Gasteiger partial charge is 0.328 e. The molecule has 1 aromatic heterocycles. The zero-order valence-electron chi connectivity index (χ0n) is 11.9. The van der Waals surface area contributed by atoms with Crippen LogP contribution in [-0.4, -0.2) is 33.9 Å². The van der Waals surface area contributed by atoms with Gasteiger partial charge in [0.05, 0.1) is 13.2 Å². The van der Waals surface area contributed by atoms with Crippen LogP contribution in [0.15, 0.2) is 18.5 Å². The van der Waals surface area contributed by atoms with Crippen molar-refractivity contribution in [3.63, 3.8) is 0 Å². The number of ether oxygens (including phenoxy) is 1. The minimum atomic E-state index is -0.643. The maximum absolute atomic E-state index is 12.5. The van der Waals surface area contributed by atoms with Gasteiger partial charge in [0.2, 0.25) is 0 Å². The molecule has 1 unspecified atom stereocenters. The van der Waals surface area contributed by atoms with Crippen LogP contribution in [0.3, 0.4) is 0 Å². The van der Waals surface area contributed by atoms with Gasteiger partial charge >= 0.3 is 5.97 Å². The third-order valence-corrected chi connectivity index (χ3v) is 3.43. The van der Waals surface area contributed by atoms with E-state index in [1.165, 1.54) is 0 Å². The predicted octanol–water partition coefficient (Wildman–Crippen LogP) is 1.59. The molecule has 1 aliphatic rings. The molecular weight excluding hydrogens is 242 g/mol. The molecule has 0 amide bonds. The molecule has 0 bridgehead atoms. The Kier molecular flexibility index (Phi) is 4.24. The minimum Gasteiger partial charge on any atom is -0.465 e. The molecule has 1 aliphatic carbocycles. The standard InChI is InChI=1S/C14H23N3O2/c1-4-19-13(18)14(12-6-7-12,16-11(2)3)10-17-9-5-8-15-17/h5,8-9,11-12,16H,4,6-7,10H2,1-3H3. The molecular formula is C14H23N3O2. The number of aromatic nitrogens is 2. The second kappa shape index (κ2) is 5.74. The lowest BCUT2D eigenvalue weighted by atomic mass is 9.92. The fourth-order valence-corrected chi connectivity index (χ4v) is 2.58. The molecule has 1 N–H and O–H groups in total. The summed E-state index contributed by atoms with van der Waals surface area (Å²) in [5, 5.41) is 7.67. The Bertz CT molecular complexity index is 412. The van der Waals surface area contributed by atoms with Crippen molar-refractivity contribution in [2.24, 2.45) is 5.92 Å². The van der Waals surface area contributed by atoms with E-state index in [4.69, 9.17) is 4.74 Å². The van der Waals surface area contributed by atoms with Gasteiger partial charge in [-0.15, -0.1) is 0 Å². The van der Waals surface area contributed by atoms with E-state index in [1.54, 1.807) is 6.20 Å². The van der Waals surface area contributed by atoms with Crippen LogP contribution in [-0.2, 0) is 16.1 Å². The number of rotatable bonds is 7. The second-order valence-electron chi connectivity index (χ2n) is 5.47. The second-order valence-corrected chi connectivity index (χ2v) is 5.47. The number of esters is 1. The first kappa shape index (κ1) is 14.1. The fourth-order valence-electron chi connectivity index (χ4n) is 2.58. The van der Waals surface area contributed by atoms with E-state index in [-0.39, 0.29) is 12.0 Å². The first-order valence-corrected chi connectivity index (χ1v) is 7.01. The van der Waals surface area contributed by atoms with Gasteiger partial charge in [-0.25, -0.2) is 4.79 Å². The van der Waals surface area contributed by atoms with Crippen molar-refractivity contribution >= 4 is 5.97 Å². The lowest BCUT2D eigenvalue weighted by Crippen LogP contribution is -2.60. The van der Waals surface area contributed by atoms with Crippen LogP contribution in [0.4, 0.5) is 0 Å². The predicted molar refractivity (Wildman–Crippen MR) is 72.6 cm³/mol. The average Bonchev–Trinajstić information content (AvgIpc) is 3.08. The number of nitrogens with one attached hydrogen (secondary N) is 1. The monoisotopic (exact) mass is 265 g/mol. The van der Waals surface area contributed by atoms with E-state index < -0.39 is 5.54 Å². The van der Waals surface area contributed by atoms with Gasteiger partial charge in [-0.2, -0.15) is 5.10 Å². The normalized spacial score (nSPS) is 18.3. The zero-order chi connectivity index (χ0) is 13.9. The third-order valence-electron chi connectivity index (χ3n) is 3.43. The van der Waals surface area contributed by atoms with E-state index in [2.05, 4.69) is 24.3 Å². The molecule has 5 heteroatoms. The van der Waals surface area contributed by atoms with Crippen molar-refractivity contribution in [2.75, 3.05) is 6.61 Å². The molecule has 0 radical (unpaired) electrons. The summed E-state index contributed by atoms with van der Waals surface area (Å²) in [6.07, 6.45) is 5.76. The lowest BCUT2D eigenvalue weighted by molar-refractivity contribution is -0.153. The summed E-state index contributed by atoms with van der Waals surface area (Å²) < 4.78 is 7.13. The maximum atomic E-state index is 12.5. The average molecular weight is 265 g/mol. The molecule has 1 aromatic rings. The van der Waals surface area contributed by atoms with Gasteiger partial charge in [0.15, 0.2) is 0 Å². The molecule has 0 aromatic carbocycles. The molecule has 0 aliphatic heterocycles. The molecule has 1 fully saturated rings. The number of hydrogen-bond donors (Lipinski definition) is 1. The topological polar surface area (TPSA) is 56.2 Å². The summed E-state index contributed by atoms with van der Waals surface area (Å²) in [5.74, 6) is 0.194. The molecule has 5 nitrogen and oxygen atoms in total. The molecule has 0 spiro atoms. The summed E-state index contributed by atoms with van der Waals surface area (Å²) in [7, 11) is 0. The zero-order valence-corrected chi connectivity index (χ0v) is 11.9. The molecule has 2 rings (SSSR count). The Hall–Kier alpha value is -1.36. The summed E-state index contributed by atoms with van der Waals surface area (Å²) in [6, 6.07) is 2.10. The van der Waals surface area contributed by atoms with Crippen LogP contribution < -0.4 is 5.32 Å². The van der Waals surface area contributed by atoms with Crippen LogP contribution in [0.1, 0.15) is 33.6 Å². The lowest BCUT2D eigenvalue weighted by Gasteiger charge is -2.34. The highest BCUT2D eigenvalue weighted by Gasteiger charge is 2.52. The van der Waals surface area contributed by atoms with Crippen molar-refractivity contribution in [3.05, 3.63) is 18.5 Å². The Balaban J connectivity index is 2.25. The summed E-state index contributed by atoms with van der Waals surface area (Å²) >= 11 is 0. The number of carbonyl (C=O) groups excluding carboxylic acids is 1. The van der Waals surface area contributed by atoms with E-state index in [0.717, 1.165) is 12.8 Å². The van der Waals surface area contributed by atoms with Crippen LogP contribution in [0.2, 0.25) is 0 Å². The molecule has 0 saturated heterocycles. The highest BCUT2D eigenvalue weighted by atomic mass is 16.5. The number of hydrogen-bond acceptors (Lipinski definition) is 4. The van der Waals surface area contributed by atoms with Gasteiger partial charge in [-0.3, -0.25) is 10.00 Å². The Morgan fingerprint density at radius 1 is 1.58 bits per heavy atom. The molecule has 1 atom stereocenters. The van der Waals surface area contributed by atoms with Crippen molar-refractivity contribution in [1.29, 1.82) is 0 Å². The fraction of sp³-hybridized carbons (Fsp3) is 0.714. The Morgan fingerprint density at radius 2 is 2.32 bits per heavy atom. The SMILES string of the molecule is CCOC(=O)C(Cn1cccn1)(NC(C)C)C1CC1. The van der Waals surface area contributed by atoms with Crippen LogP contribution in [0.25, 0.3) is 0 Å². The van der Waals surface area contributed by atoms with Gasteiger partial charge in [0.1, 0.15) is 5.54 Å². The van der Waals surface area contributed by atoms with Gasteiger partial charge in [0.25, 0.3) is 0 Å². The summed E-state index contributed by atoms with van der Waals surface area (Å²) in [5.41, 5.74) is -0.643. The van der Waals surface area contributed by atoms with Gasteiger partial charge < -0.3 is 4.74 Å². The largest absolute Gasteiger partial charge is 0.465 e. The summed E-state index contributed by atoms with van der Waals surface area (Å²) in [4.78, 5) is 12.5. The molecule has 106 valence electrons. The van der Waals surface area contributed by atoms with Crippen molar-refractivity contribution in [2.45, 2.75) is 51.7 Å². The van der Waals surface area contributed by atoms with Crippen molar-refractivity contribution in [3.8, 4) is 0 Å². The quantitative estimate of drug-likeness (QED) is 0.761. The highest BCUT2D eigenvalue weighted by Crippen LogP contribution is 2.41. The van der Waals surface area contributed by atoms with E-state index in [1.807, 2.05) is 23.9 Å². The third kappa shape index (κ3) is 3.15. The van der Waals surface area contributed by atoms with Crippen molar-refractivity contribution in [1.82, 2.24) is 15.1 Å². The van der Waals surface area contributed by atoms with E-state index >= 15 is 0 Å². The first-order chi connectivity index (χ1) is 9.08. The molecule has 1 saturated carbocycles. The highest BCUT2D eigenvalue weighted by molar-refractivity contribution is 5.82. The van der Waals surface area contributed by atoms with Crippen molar-refractivity contribution < 1.29 is 9.53 Å². The number of nitrogens with zero attached hydrogens (tertiary/aromatic N) is 2. The van der Waals surface area contributed by atoms with E-state index in [0.29, 0.717) is 19.1 Å². The first-order valence-electron chi connectivity index (χ1n) is 7.01. The van der Waals surface area contributed by atoms with E-state index in [9.17, 15) is 4.79 Å². The van der Waals surface area contributed by atoms with Crippen LogP contribution in [0.5, 0.6) is 0 Å². The van der Waals surface area contributed by atoms with Crippen LogP contribution in [0, 0.1) is 5.92 Å². The van der Waals surface area contributed by atoms with Gasteiger partial charge in [-0.1, -0.05) is 0 Å². The Labute approximate surface area is 114 Å².